The van der Waals surface area contributed by atoms with Crippen molar-refractivity contribution in [3.8, 4) is 0 Å². The first kappa shape index (κ1) is 16.0. The molecule has 0 fully saturated rings. The van der Waals surface area contributed by atoms with Crippen LogP contribution in [0.3, 0.4) is 0 Å². The van der Waals surface area contributed by atoms with Crippen LogP contribution < -0.4 is 0 Å². The molecule has 0 radical (unpaired) electrons. The number of rotatable bonds is 4. The SMILES string of the molecule is CC1=C(/C=C/C(C)=C/C=C/C(C)C)C(C)(C)CCC1. The Kier molecular flexibility index (Phi) is 5.85. The van der Waals surface area contributed by atoms with E-state index in [4.69, 9.17) is 0 Å². The Hall–Kier alpha value is -1.04. The molecule has 0 nitrogen and oxygen atoms in total. The highest BCUT2D eigenvalue weighted by atomic mass is 14.3. The number of allylic oxidation sites excluding steroid dienone is 8. The highest BCUT2D eigenvalue weighted by molar-refractivity contribution is 5.36. The molecule has 0 amide bonds. The lowest BCUT2D eigenvalue weighted by atomic mass is 9.72. The standard InChI is InChI=1S/C19H30/c1-15(2)9-7-10-16(3)12-13-18-17(4)11-8-14-19(18,5)6/h7,9-10,12-13,15H,8,11,14H2,1-6H3/b9-7+,13-12+,16-10+. The molecule has 0 aliphatic heterocycles. The summed E-state index contributed by atoms with van der Waals surface area (Å²) in [5.74, 6) is 0.621. The van der Waals surface area contributed by atoms with Crippen molar-refractivity contribution in [1.29, 1.82) is 0 Å². The maximum Gasteiger partial charge on any atom is -0.0104 e. The summed E-state index contributed by atoms with van der Waals surface area (Å²) in [5.41, 5.74) is 4.77. The van der Waals surface area contributed by atoms with E-state index in [1.54, 1.807) is 11.1 Å². The molecule has 0 heterocycles. The maximum atomic E-state index is 2.37. The minimum absolute atomic E-state index is 0.340. The van der Waals surface area contributed by atoms with Gasteiger partial charge in [-0.2, -0.15) is 0 Å². The molecule has 0 N–H and O–H groups in total. The van der Waals surface area contributed by atoms with Gasteiger partial charge in [0.2, 0.25) is 0 Å². The van der Waals surface area contributed by atoms with Gasteiger partial charge in [-0.25, -0.2) is 0 Å². The van der Waals surface area contributed by atoms with Gasteiger partial charge in [-0.3, -0.25) is 0 Å². The van der Waals surface area contributed by atoms with E-state index in [1.807, 2.05) is 0 Å². The lowest BCUT2D eigenvalue weighted by Crippen LogP contribution is -2.19. The first-order valence-electron chi connectivity index (χ1n) is 7.56. The summed E-state index contributed by atoms with van der Waals surface area (Å²) < 4.78 is 0. The van der Waals surface area contributed by atoms with E-state index in [1.165, 1.54) is 24.8 Å². The molecule has 0 atom stereocenters. The molecule has 1 aliphatic rings. The third-order valence-electron chi connectivity index (χ3n) is 3.91. The molecular weight excluding hydrogens is 228 g/mol. The normalized spacial score (nSPS) is 21.1. The molecule has 0 heteroatoms. The fraction of sp³-hybridized carbons (Fsp3) is 0.579. The molecule has 0 saturated carbocycles. The second-order valence-corrected chi connectivity index (χ2v) is 6.80. The minimum atomic E-state index is 0.340. The van der Waals surface area contributed by atoms with Gasteiger partial charge in [-0.15, -0.1) is 0 Å². The maximum absolute atomic E-state index is 2.37. The predicted octanol–water partition coefficient (Wildman–Crippen LogP) is 6.23. The van der Waals surface area contributed by atoms with Gasteiger partial charge in [-0.1, -0.05) is 69.2 Å². The van der Waals surface area contributed by atoms with E-state index in [-0.39, 0.29) is 0 Å². The van der Waals surface area contributed by atoms with Gasteiger partial charge in [0.25, 0.3) is 0 Å². The Labute approximate surface area is 120 Å². The first-order chi connectivity index (χ1) is 8.83. The molecule has 1 rings (SSSR count). The predicted molar refractivity (Wildman–Crippen MR) is 87.2 cm³/mol. The van der Waals surface area contributed by atoms with Crippen LogP contribution in [0.5, 0.6) is 0 Å². The van der Waals surface area contributed by atoms with Crippen LogP contribution in [0.1, 0.15) is 60.8 Å². The second-order valence-electron chi connectivity index (χ2n) is 6.80. The molecule has 0 aromatic rings. The highest BCUT2D eigenvalue weighted by Crippen LogP contribution is 2.40. The minimum Gasteiger partial charge on any atom is -0.0820 e. The zero-order valence-corrected chi connectivity index (χ0v) is 13.6. The zero-order chi connectivity index (χ0) is 14.5. The summed E-state index contributed by atoms with van der Waals surface area (Å²) in [6.07, 6.45) is 15.1. The summed E-state index contributed by atoms with van der Waals surface area (Å²) in [6.45, 7) is 13.6. The van der Waals surface area contributed by atoms with Crippen molar-refractivity contribution >= 4 is 0 Å². The van der Waals surface area contributed by atoms with E-state index in [9.17, 15) is 0 Å². The molecule has 19 heavy (non-hydrogen) atoms. The summed E-state index contributed by atoms with van der Waals surface area (Å²) >= 11 is 0. The molecule has 106 valence electrons. The molecule has 0 aromatic heterocycles. The average molecular weight is 258 g/mol. The van der Waals surface area contributed by atoms with E-state index in [2.05, 4.69) is 71.9 Å². The van der Waals surface area contributed by atoms with Crippen LogP contribution in [-0.2, 0) is 0 Å². The topological polar surface area (TPSA) is 0 Å². The Morgan fingerprint density at radius 2 is 1.95 bits per heavy atom. The molecule has 0 saturated heterocycles. The van der Waals surface area contributed by atoms with Crippen LogP contribution in [0, 0.1) is 11.3 Å². The highest BCUT2D eigenvalue weighted by Gasteiger charge is 2.26. The van der Waals surface area contributed by atoms with Crippen LogP contribution >= 0.6 is 0 Å². The monoisotopic (exact) mass is 258 g/mol. The summed E-state index contributed by atoms with van der Waals surface area (Å²) in [5, 5.41) is 0. The van der Waals surface area contributed by atoms with E-state index in [0.717, 1.165) is 0 Å². The van der Waals surface area contributed by atoms with Gasteiger partial charge in [0.15, 0.2) is 0 Å². The Bertz CT molecular complexity index is 411. The van der Waals surface area contributed by atoms with Gasteiger partial charge in [0.1, 0.15) is 0 Å². The smallest absolute Gasteiger partial charge is 0.0104 e. The zero-order valence-electron chi connectivity index (χ0n) is 13.6. The quantitative estimate of drug-likeness (QED) is 0.524. The van der Waals surface area contributed by atoms with Crippen LogP contribution in [0.2, 0.25) is 0 Å². The van der Waals surface area contributed by atoms with Gasteiger partial charge in [-0.05, 0) is 50.0 Å². The van der Waals surface area contributed by atoms with Gasteiger partial charge >= 0.3 is 0 Å². The average Bonchev–Trinajstić information content (AvgIpc) is 2.26. The van der Waals surface area contributed by atoms with Crippen LogP contribution in [-0.4, -0.2) is 0 Å². The third kappa shape index (κ3) is 5.22. The van der Waals surface area contributed by atoms with E-state index >= 15 is 0 Å². The van der Waals surface area contributed by atoms with Crippen LogP contribution in [0.15, 0.2) is 47.1 Å². The Morgan fingerprint density at radius 1 is 1.26 bits per heavy atom. The molecule has 0 aromatic carbocycles. The van der Waals surface area contributed by atoms with Crippen molar-refractivity contribution in [3.63, 3.8) is 0 Å². The van der Waals surface area contributed by atoms with Crippen molar-refractivity contribution in [3.05, 3.63) is 47.1 Å². The molecule has 0 bridgehead atoms. The van der Waals surface area contributed by atoms with Crippen LogP contribution in [0.25, 0.3) is 0 Å². The lowest BCUT2D eigenvalue weighted by Gasteiger charge is -2.32. The van der Waals surface area contributed by atoms with Gasteiger partial charge < -0.3 is 0 Å². The fourth-order valence-electron chi connectivity index (χ4n) is 2.71. The van der Waals surface area contributed by atoms with E-state index in [0.29, 0.717) is 11.3 Å². The molecule has 1 aliphatic carbocycles. The van der Waals surface area contributed by atoms with Crippen molar-refractivity contribution in [1.82, 2.24) is 0 Å². The van der Waals surface area contributed by atoms with Gasteiger partial charge in [0.05, 0.1) is 0 Å². The molecular formula is C19H30. The van der Waals surface area contributed by atoms with Crippen molar-refractivity contribution in [2.45, 2.75) is 60.8 Å². The lowest BCUT2D eigenvalue weighted by molar-refractivity contribution is 0.377. The molecule has 0 unspecified atom stereocenters. The molecule has 0 spiro atoms. The first-order valence-corrected chi connectivity index (χ1v) is 7.56. The fourth-order valence-corrected chi connectivity index (χ4v) is 2.71. The Morgan fingerprint density at radius 3 is 2.53 bits per heavy atom. The van der Waals surface area contributed by atoms with Crippen molar-refractivity contribution < 1.29 is 0 Å². The summed E-state index contributed by atoms with van der Waals surface area (Å²) in [6, 6.07) is 0. The summed E-state index contributed by atoms with van der Waals surface area (Å²) in [4.78, 5) is 0. The third-order valence-corrected chi connectivity index (χ3v) is 3.91. The Balaban J connectivity index is 2.80. The van der Waals surface area contributed by atoms with Gasteiger partial charge in [0, 0.05) is 0 Å². The van der Waals surface area contributed by atoms with E-state index < -0.39 is 0 Å². The number of hydrogen-bond donors (Lipinski definition) is 0. The van der Waals surface area contributed by atoms with Crippen LogP contribution in [0.4, 0.5) is 0 Å². The second kappa shape index (κ2) is 6.93. The van der Waals surface area contributed by atoms with Crippen molar-refractivity contribution in [2.75, 3.05) is 0 Å². The summed E-state index contributed by atoms with van der Waals surface area (Å²) in [7, 11) is 0. The number of hydrogen-bond acceptors (Lipinski definition) is 0. The largest absolute Gasteiger partial charge is 0.0820 e. The van der Waals surface area contributed by atoms with Crippen molar-refractivity contribution in [2.24, 2.45) is 11.3 Å².